The minimum Gasteiger partial charge on any atom is -0.357 e. The van der Waals surface area contributed by atoms with E-state index in [9.17, 15) is 0 Å². The molecule has 0 amide bonds. The van der Waals surface area contributed by atoms with Gasteiger partial charge in [0.1, 0.15) is 10.2 Å². The second-order valence-corrected chi connectivity index (χ2v) is 3.10. The highest BCUT2D eigenvalue weighted by Crippen LogP contribution is 2.02. The maximum atomic E-state index is 5.06. The summed E-state index contributed by atoms with van der Waals surface area (Å²) in [5.74, 6) is 0. The van der Waals surface area contributed by atoms with Gasteiger partial charge in [-0.05, 0) is 13.0 Å². The third-order valence-electron chi connectivity index (χ3n) is 1.44. The molecular weight excluding hydrogens is 158 g/mol. The Morgan fingerprint density at radius 3 is 2.27 bits per heavy atom. The first-order valence-corrected chi connectivity index (χ1v) is 4.24. The second kappa shape index (κ2) is 5.71. The average Bonchev–Trinajstić information content (AvgIpc) is 2.05. The van der Waals surface area contributed by atoms with Crippen molar-refractivity contribution in [3.05, 3.63) is 0 Å². The van der Waals surface area contributed by atoms with Crippen LogP contribution in [0.25, 0.3) is 0 Å². The molecule has 1 N–H and O–H groups in total. The quantitative estimate of drug-likeness (QED) is 0.352. The highest BCUT2D eigenvalue weighted by atomic mass is 28.1. The second-order valence-electron chi connectivity index (χ2n) is 2.34. The van der Waals surface area contributed by atoms with E-state index in [0.717, 1.165) is 13.0 Å². The Morgan fingerprint density at radius 2 is 1.91 bits per heavy atom. The van der Waals surface area contributed by atoms with Crippen molar-refractivity contribution in [2.24, 2.45) is 0 Å². The number of ether oxygens (including phenoxy) is 2. The van der Waals surface area contributed by atoms with Crippen LogP contribution >= 0.6 is 0 Å². The van der Waals surface area contributed by atoms with Crippen molar-refractivity contribution < 1.29 is 9.47 Å². The zero-order valence-corrected chi connectivity index (χ0v) is 8.44. The molecule has 0 atom stereocenters. The molecule has 0 aromatic carbocycles. The number of rotatable bonds is 6. The minimum absolute atomic E-state index is 0.644. The summed E-state index contributed by atoms with van der Waals surface area (Å²) in [6, 6.07) is 0. The van der Waals surface area contributed by atoms with Gasteiger partial charge in [0.15, 0.2) is 5.41 Å². The number of nitrogens with one attached hydrogen (secondary N) is 1. The van der Waals surface area contributed by atoms with Gasteiger partial charge in [-0.2, -0.15) is 0 Å². The predicted octanol–water partition coefficient (Wildman–Crippen LogP) is 0.101. The molecule has 0 aliphatic heterocycles. The molecule has 0 heterocycles. The Bertz CT molecular complexity index is 96.4. The Balaban J connectivity index is 3.51. The standard InChI is InChI=1S/C7H16NO2Si/c1-4-5-8-6-7(11,9-2)10-3/h8H,4-6H2,1-3H3. The molecule has 0 fully saturated rings. The lowest BCUT2D eigenvalue weighted by molar-refractivity contribution is -0.138. The molecular formula is C7H16NO2Si. The van der Waals surface area contributed by atoms with E-state index in [2.05, 4.69) is 22.5 Å². The minimum atomic E-state index is -0.671. The van der Waals surface area contributed by atoms with E-state index in [0.29, 0.717) is 6.54 Å². The van der Waals surface area contributed by atoms with Crippen LogP contribution in [0.15, 0.2) is 0 Å². The SMILES string of the molecule is CCCNCC([Si])(OC)OC. The zero-order chi connectivity index (χ0) is 8.74. The molecule has 4 heteroatoms. The van der Waals surface area contributed by atoms with E-state index in [-0.39, 0.29) is 0 Å². The third-order valence-corrected chi connectivity index (χ3v) is 2.03. The largest absolute Gasteiger partial charge is 0.357 e. The van der Waals surface area contributed by atoms with Gasteiger partial charge in [-0.25, -0.2) is 0 Å². The fourth-order valence-electron chi connectivity index (χ4n) is 0.657. The van der Waals surface area contributed by atoms with Crippen LogP contribution in [-0.4, -0.2) is 43.0 Å². The van der Waals surface area contributed by atoms with Crippen LogP contribution in [0.2, 0.25) is 0 Å². The van der Waals surface area contributed by atoms with Gasteiger partial charge in [0, 0.05) is 20.8 Å². The smallest absolute Gasteiger partial charge is 0.155 e. The van der Waals surface area contributed by atoms with Crippen LogP contribution in [0.3, 0.4) is 0 Å². The zero-order valence-electron chi connectivity index (χ0n) is 7.44. The van der Waals surface area contributed by atoms with Crippen molar-refractivity contribution in [1.29, 1.82) is 0 Å². The highest BCUT2D eigenvalue weighted by molar-refractivity contribution is 6.13. The summed E-state index contributed by atoms with van der Waals surface area (Å²) in [6.07, 6.45) is 1.11. The molecule has 0 spiro atoms. The van der Waals surface area contributed by atoms with E-state index in [1.54, 1.807) is 14.2 Å². The molecule has 65 valence electrons. The Morgan fingerprint density at radius 1 is 1.36 bits per heavy atom. The lowest BCUT2D eigenvalue weighted by Gasteiger charge is -2.26. The van der Waals surface area contributed by atoms with E-state index in [4.69, 9.17) is 9.47 Å². The molecule has 0 rings (SSSR count). The van der Waals surface area contributed by atoms with Gasteiger partial charge in [0.05, 0.1) is 0 Å². The molecule has 0 saturated carbocycles. The summed E-state index contributed by atoms with van der Waals surface area (Å²) in [4.78, 5) is 0. The fourth-order valence-corrected chi connectivity index (χ4v) is 0.782. The molecule has 0 bridgehead atoms. The third kappa shape index (κ3) is 4.52. The van der Waals surface area contributed by atoms with Crippen LogP contribution in [0.1, 0.15) is 13.3 Å². The lowest BCUT2D eigenvalue weighted by atomic mass is 10.4. The van der Waals surface area contributed by atoms with Gasteiger partial charge in [-0.15, -0.1) is 0 Å². The van der Waals surface area contributed by atoms with Crippen molar-refractivity contribution in [3.63, 3.8) is 0 Å². The summed E-state index contributed by atoms with van der Waals surface area (Å²) in [5.41, 5.74) is -0.671. The maximum Gasteiger partial charge on any atom is 0.155 e. The molecule has 0 aromatic heterocycles. The van der Waals surface area contributed by atoms with Crippen molar-refractivity contribution in [2.75, 3.05) is 27.3 Å². The van der Waals surface area contributed by atoms with E-state index >= 15 is 0 Å². The van der Waals surface area contributed by atoms with Gasteiger partial charge < -0.3 is 14.8 Å². The predicted molar refractivity (Wildman–Crippen MR) is 45.7 cm³/mol. The van der Waals surface area contributed by atoms with Crippen molar-refractivity contribution in [1.82, 2.24) is 5.32 Å². The molecule has 0 saturated heterocycles. The molecule has 0 unspecified atom stereocenters. The molecule has 3 nitrogen and oxygen atoms in total. The lowest BCUT2D eigenvalue weighted by Crippen LogP contribution is -2.44. The van der Waals surface area contributed by atoms with Crippen molar-refractivity contribution in [2.45, 2.75) is 18.8 Å². The van der Waals surface area contributed by atoms with Gasteiger partial charge in [0.25, 0.3) is 0 Å². The Hall–Kier alpha value is 0.0969. The van der Waals surface area contributed by atoms with Crippen LogP contribution in [0, 0.1) is 0 Å². The molecule has 0 aromatic rings. The summed E-state index contributed by atoms with van der Waals surface area (Å²) >= 11 is 0. The maximum absolute atomic E-state index is 5.06. The average molecular weight is 174 g/mol. The Kier molecular flexibility index (Phi) is 5.76. The van der Waals surface area contributed by atoms with Crippen LogP contribution in [0.5, 0.6) is 0 Å². The van der Waals surface area contributed by atoms with Crippen LogP contribution in [-0.2, 0) is 9.47 Å². The summed E-state index contributed by atoms with van der Waals surface area (Å²) in [7, 11) is 6.56. The van der Waals surface area contributed by atoms with Gasteiger partial charge in [-0.3, -0.25) is 0 Å². The summed E-state index contributed by atoms with van der Waals surface area (Å²) in [6.45, 7) is 3.73. The first kappa shape index (κ1) is 11.1. The summed E-state index contributed by atoms with van der Waals surface area (Å²) < 4.78 is 10.1. The molecule has 11 heavy (non-hydrogen) atoms. The molecule has 3 radical (unpaired) electrons. The van der Waals surface area contributed by atoms with Gasteiger partial charge >= 0.3 is 0 Å². The Labute approximate surface area is 71.9 Å². The first-order chi connectivity index (χ1) is 5.18. The highest BCUT2D eigenvalue weighted by Gasteiger charge is 2.21. The number of hydrogen-bond donors (Lipinski definition) is 1. The number of methoxy groups -OCH3 is 2. The van der Waals surface area contributed by atoms with Gasteiger partial charge in [0.2, 0.25) is 0 Å². The topological polar surface area (TPSA) is 30.5 Å². The van der Waals surface area contributed by atoms with E-state index in [1.807, 2.05) is 0 Å². The van der Waals surface area contributed by atoms with E-state index < -0.39 is 5.41 Å². The normalized spacial score (nSPS) is 12.0. The molecule has 0 aliphatic carbocycles. The van der Waals surface area contributed by atoms with Crippen molar-refractivity contribution >= 4 is 10.2 Å². The van der Waals surface area contributed by atoms with Crippen LogP contribution in [0.4, 0.5) is 0 Å². The van der Waals surface area contributed by atoms with E-state index in [1.165, 1.54) is 0 Å². The van der Waals surface area contributed by atoms with Crippen LogP contribution < -0.4 is 5.32 Å². The van der Waals surface area contributed by atoms with Gasteiger partial charge in [-0.1, -0.05) is 6.92 Å². The first-order valence-electron chi connectivity index (χ1n) is 3.74. The van der Waals surface area contributed by atoms with Crippen molar-refractivity contribution in [3.8, 4) is 0 Å². The molecule has 0 aliphatic rings. The number of hydrogen-bond acceptors (Lipinski definition) is 3. The fraction of sp³-hybridized carbons (Fsp3) is 1.00. The monoisotopic (exact) mass is 174 g/mol. The summed E-state index contributed by atoms with van der Waals surface area (Å²) in [5, 5.41) is 3.18.